The van der Waals surface area contributed by atoms with Crippen molar-refractivity contribution in [3.8, 4) is 11.5 Å². The number of hydrogen-bond acceptors (Lipinski definition) is 2. The van der Waals surface area contributed by atoms with E-state index in [9.17, 15) is 4.79 Å². The number of halogens is 1. The number of aromatic nitrogens is 1. The summed E-state index contributed by atoms with van der Waals surface area (Å²) < 4.78 is 6.22. The van der Waals surface area contributed by atoms with Crippen LogP contribution < -0.4 is 4.74 Å². The second-order valence-electron chi connectivity index (χ2n) is 7.56. The van der Waals surface area contributed by atoms with Crippen LogP contribution >= 0.6 is 11.6 Å². The zero-order valence-corrected chi connectivity index (χ0v) is 17.6. The lowest BCUT2D eigenvalue weighted by atomic mass is 10.0. The van der Waals surface area contributed by atoms with Gasteiger partial charge in [-0.3, -0.25) is 4.79 Å². The van der Waals surface area contributed by atoms with E-state index in [0.29, 0.717) is 0 Å². The Balaban J connectivity index is 1.62. The molecule has 0 saturated heterocycles. The second kappa shape index (κ2) is 8.25. The average molecular weight is 420 g/mol. The Kier molecular flexibility index (Phi) is 5.51. The molecular formula is C25H22ClNO3. The van der Waals surface area contributed by atoms with Gasteiger partial charge in [0.15, 0.2) is 0 Å². The maximum atomic E-state index is 11.0. The molecule has 0 saturated carbocycles. The third-order valence-corrected chi connectivity index (χ3v) is 5.39. The van der Waals surface area contributed by atoms with E-state index >= 15 is 0 Å². The number of benzene rings is 3. The van der Waals surface area contributed by atoms with E-state index in [1.54, 1.807) is 0 Å². The molecule has 30 heavy (non-hydrogen) atoms. The van der Waals surface area contributed by atoms with Gasteiger partial charge < -0.3 is 14.8 Å². The van der Waals surface area contributed by atoms with Crippen LogP contribution in [0.1, 0.15) is 27.8 Å². The van der Waals surface area contributed by atoms with Gasteiger partial charge in [-0.15, -0.1) is 0 Å². The standard InChI is InChI=1S/C25H22ClNO3/c1-15-9-18(12-24(28)29)10-16(2)25(15)30-21-7-8-23-22(13-21)19(14-27-23)11-17-3-5-20(26)6-4-17/h3-10,13-14,27H,11-12H2,1-2H3,(H,28,29). The monoisotopic (exact) mass is 419 g/mol. The molecule has 0 fully saturated rings. The van der Waals surface area contributed by atoms with Crippen molar-refractivity contribution >= 4 is 28.5 Å². The Morgan fingerprint density at radius 1 is 1.00 bits per heavy atom. The van der Waals surface area contributed by atoms with Gasteiger partial charge in [0.2, 0.25) is 0 Å². The van der Waals surface area contributed by atoms with Crippen molar-refractivity contribution in [1.29, 1.82) is 0 Å². The topological polar surface area (TPSA) is 62.3 Å². The van der Waals surface area contributed by atoms with E-state index in [1.165, 1.54) is 11.1 Å². The molecule has 1 aromatic heterocycles. The number of nitrogens with one attached hydrogen (secondary N) is 1. The van der Waals surface area contributed by atoms with Crippen LogP contribution in [0.5, 0.6) is 11.5 Å². The zero-order chi connectivity index (χ0) is 21.3. The normalized spacial score (nSPS) is 11.0. The summed E-state index contributed by atoms with van der Waals surface area (Å²) in [6, 6.07) is 17.6. The number of H-pyrrole nitrogens is 1. The summed E-state index contributed by atoms with van der Waals surface area (Å²) in [5, 5.41) is 10.9. The SMILES string of the molecule is Cc1cc(CC(=O)O)cc(C)c1Oc1ccc2[nH]cc(Cc3ccc(Cl)cc3)c2c1. The van der Waals surface area contributed by atoms with Crippen LogP contribution in [0.4, 0.5) is 0 Å². The van der Waals surface area contributed by atoms with Crippen molar-refractivity contribution in [3.05, 3.63) is 93.6 Å². The van der Waals surface area contributed by atoms with Gasteiger partial charge >= 0.3 is 5.97 Å². The van der Waals surface area contributed by atoms with Crippen LogP contribution in [0.15, 0.2) is 60.8 Å². The van der Waals surface area contributed by atoms with Crippen molar-refractivity contribution in [2.24, 2.45) is 0 Å². The number of ether oxygens (including phenoxy) is 1. The predicted octanol–water partition coefficient (Wildman–Crippen LogP) is 6.45. The predicted molar refractivity (Wildman–Crippen MR) is 120 cm³/mol. The molecule has 0 bridgehead atoms. The first-order valence-corrected chi connectivity index (χ1v) is 10.1. The number of rotatable bonds is 6. The van der Waals surface area contributed by atoms with E-state index in [1.807, 2.05) is 74.6 Å². The highest BCUT2D eigenvalue weighted by molar-refractivity contribution is 6.30. The van der Waals surface area contributed by atoms with Crippen LogP contribution in [0.2, 0.25) is 5.02 Å². The minimum absolute atomic E-state index is 0.00529. The van der Waals surface area contributed by atoms with Gasteiger partial charge in [0.25, 0.3) is 0 Å². The fourth-order valence-electron chi connectivity index (χ4n) is 3.78. The van der Waals surface area contributed by atoms with Crippen molar-refractivity contribution in [3.63, 3.8) is 0 Å². The van der Waals surface area contributed by atoms with Gasteiger partial charge in [-0.2, -0.15) is 0 Å². The number of carbonyl (C=O) groups is 1. The molecule has 0 aliphatic heterocycles. The highest BCUT2D eigenvalue weighted by atomic mass is 35.5. The molecule has 0 amide bonds. The summed E-state index contributed by atoms with van der Waals surface area (Å²) in [5.41, 5.74) is 6.03. The van der Waals surface area contributed by atoms with Crippen molar-refractivity contribution in [1.82, 2.24) is 4.98 Å². The van der Waals surface area contributed by atoms with Crippen LogP contribution in [0.3, 0.4) is 0 Å². The van der Waals surface area contributed by atoms with E-state index in [2.05, 4.69) is 4.98 Å². The lowest BCUT2D eigenvalue weighted by Gasteiger charge is -2.14. The van der Waals surface area contributed by atoms with Gasteiger partial charge in [0.05, 0.1) is 6.42 Å². The number of aliphatic carboxylic acids is 1. The molecule has 0 atom stereocenters. The first-order chi connectivity index (χ1) is 14.4. The number of carboxylic acid groups (broad SMARTS) is 1. The molecule has 4 nitrogen and oxygen atoms in total. The summed E-state index contributed by atoms with van der Waals surface area (Å²) in [7, 11) is 0. The number of aryl methyl sites for hydroxylation is 2. The third kappa shape index (κ3) is 4.34. The first kappa shape index (κ1) is 20.0. The summed E-state index contributed by atoms with van der Waals surface area (Å²) in [6.45, 7) is 3.88. The molecule has 2 N–H and O–H groups in total. The molecule has 1 heterocycles. The van der Waals surface area contributed by atoms with Crippen molar-refractivity contribution in [2.75, 3.05) is 0 Å². The Morgan fingerprint density at radius 2 is 1.70 bits per heavy atom. The molecule has 4 rings (SSSR count). The van der Waals surface area contributed by atoms with E-state index < -0.39 is 5.97 Å². The largest absolute Gasteiger partial charge is 0.481 e. The van der Waals surface area contributed by atoms with Crippen molar-refractivity contribution < 1.29 is 14.6 Å². The minimum atomic E-state index is -0.839. The lowest BCUT2D eigenvalue weighted by molar-refractivity contribution is -0.136. The second-order valence-corrected chi connectivity index (χ2v) is 7.99. The average Bonchev–Trinajstić information content (AvgIpc) is 3.08. The highest BCUT2D eigenvalue weighted by Crippen LogP contribution is 2.33. The van der Waals surface area contributed by atoms with Gasteiger partial charge in [-0.05, 0) is 78.4 Å². The van der Waals surface area contributed by atoms with Crippen LogP contribution in [0.25, 0.3) is 10.9 Å². The molecule has 0 aliphatic rings. The molecule has 4 aromatic rings. The van der Waals surface area contributed by atoms with Gasteiger partial charge in [-0.25, -0.2) is 0 Å². The van der Waals surface area contributed by atoms with Crippen LogP contribution in [-0.2, 0) is 17.6 Å². The smallest absolute Gasteiger partial charge is 0.307 e. The summed E-state index contributed by atoms with van der Waals surface area (Å²) in [6.07, 6.45) is 2.83. The minimum Gasteiger partial charge on any atom is -0.481 e. The molecule has 0 aliphatic carbocycles. The number of carboxylic acids is 1. The van der Waals surface area contributed by atoms with Crippen LogP contribution in [-0.4, -0.2) is 16.1 Å². The summed E-state index contributed by atoms with van der Waals surface area (Å²) >= 11 is 5.99. The number of fused-ring (bicyclic) bond motifs is 1. The maximum absolute atomic E-state index is 11.0. The fraction of sp³-hybridized carbons (Fsp3) is 0.160. The molecule has 0 unspecified atom stereocenters. The quantitative estimate of drug-likeness (QED) is 0.377. The maximum Gasteiger partial charge on any atom is 0.307 e. The number of hydrogen-bond donors (Lipinski definition) is 2. The lowest BCUT2D eigenvalue weighted by Crippen LogP contribution is -2.02. The zero-order valence-electron chi connectivity index (χ0n) is 16.8. The number of aromatic amines is 1. The van der Waals surface area contributed by atoms with E-state index in [-0.39, 0.29) is 6.42 Å². The Hall–Kier alpha value is -3.24. The summed E-state index contributed by atoms with van der Waals surface area (Å²) in [5.74, 6) is 0.670. The Bertz CT molecular complexity index is 1200. The first-order valence-electron chi connectivity index (χ1n) is 9.73. The third-order valence-electron chi connectivity index (χ3n) is 5.14. The molecule has 5 heteroatoms. The molecule has 3 aromatic carbocycles. The molecular weight excluding hydrogens is 398 g/mol. The van der Waals surface area contributed by atoms with Crippen molar-refractivity contribution in [2.45, 2.75) is 26.7 Å². The molecule has 0 spiro atoms. The molecule has 152 valence electrons. The molecule has 0 radical (unpaired) electrons. The fourth-order valence-corrected chi connectivity index (χ4v) is 3.91. The van der Waals surface area contributed by atoms with Gasteiger partial charge in [0, 0.05) is 22.1 Å². The summed E-state index contributed by atoms with van der Waals surface area (Å²) in [4.78, 5) is 14.3. The van der Waals surface area contributed by atoms with E-state index in [0.717, 1.165) is 50.5 Å². The van der Waals surface area contributed by atoms with Gasteiger partial charge in [-0.1, -0.05) is 35.9 Å². The Morgan fingerprint density at radius 3 is 2.37 bits per heavy atom. The van der Waals surface area contributed by atoms with Crippen LogP contribution in [0, 0.1) is 13.8 Å². The Labute approximate surface area is 180 Å². The highest BCUT2D eigenvalue weighted by Gasteiger charge is 2.12. The van der Waals surface area contributed by atoms with Gasteiger partial charge in [0.1, 0.15) is 11.5 Å². The van der Waals surface area contributed by atoms with E-state index in [4.69, 9.17) is 21.4 Å².